The number of anilines is 2. The van der Waals surface area contributed by atoms with Crippen LogP contribution in [0.25, 0.3) is 16.9 Å². The van der Waals surface area contributed by atoms with Crippen LogP contribution in [0.2, 0.25) is 0 Å². The Morgan fingerprint density at radius 1 is 1.03 bits per heavy atom. The Bertz CT molecular complexity index is 1430. The zero-order valence-electron chi connectivity index (χ0n) is 17.5. The molecule has 0 spiro atoms. The molecule has 11 nitrogen and oxygen atoms in total. The molecule has 0 amide bonds. The molecule has 0 saturated heterocycles. The predicted octanol–water partition coefficient (Wildman–Crippen LogP) is 2.12. The second-order valence-corrected chi connectivity index (χ2v) is 7.72. The van der Waals surface area contributed by atoms with Gasteiger partial charge in [-0.2, -0.15) is 10.2 Å². The van der Waals surface area contributed by atoms with Gasteiger partial charge in [-0.3, -0.25) is 9.36 Å². The maximum Gasteiger partial charge on any atom is 0.228 e. The highest BCUT2D eigenvalue weighted by atomic mass is 16.5. The van der Waals surface area contributed by atoms with E-state index in [0.717, 1.165) is 40.7 Å². The Morgan fingerprint density at radius 3 is 2.72 bits per heavy atom. The van der Waals surface area contributed by atoms with Crippen molar-refractivity contribution in [3.05, 3.63) is 60.4 Å². The van der Waals surface area contributed by atoms with Crippen LogP contribution in [0.5, 0.6) is 5.88 Å². The molecule has 1 unspecified atom stereocenters. The zero-order valence-corrected chi connectivity index (χ0v) is 17.5. The van der Waals surface area contributed by atoms with Crippen molar-refractivity contribution in [3.63, 3.8) is 0 Å². The van der Waals surface area contributed by atoms with E-state index in [9.17, 15) is 0 Å². The van der Waals surface area contributed by atoms with Crippen LogP contribution in [0.1, 0.15) is 17.4 Å². The third-order valence-corrected chi connectivity index (χ3v) is 5.68. The Balaban J connectivity index is 1.34. The summed E-state index contributed by atoms with van der Waals surface area (Å²) in [6.07, 6.45) is 6.02. The second kappa shape index (κ2) is 7.15. The molecule has 0 saturated carbocycles. The van der Waals surface area contributed by atoms with Crippen molar-refractivity contribution in [1.82, 2.24) is 44.1 Å². The molecule has 1 aliphatic heterocycles. The number of nitrogens with one attached hydrogen (secondary N) is 1. The van der Waals surface area contributed by atoms with Crippen molar-refractivity contribution in [2.24, 2.45) is 14.1 Å². The minimum absolute atomic E-state index is 0.104. The Labute approximate surface area is 182 Å². The summed E-state index contributed by atoms with van der Waals surface area (Å²) in [5.74, 6) is 3.00. The van der Waals surface area contributed by atoms with Gasteiger partial charge in [0.1, 0.15) is 18.2 Å². The summed E-state index contributed by atoms with van der Waals surface area (Å²) < 4.78 is 11.7. The molecule has 6 rings (SSSR count). The van der Waals surface area contributed by atoms with Gasteiger partial charge in [0.25, 0.3) is 0 Å². The smallest absolute Gasteiger partial charge is 0.228 e. The molecule has 0 aliphatic carbocycles. The first kappa shape index (κ1) is 18.5. The molecule has 5 aromatic heterocycles. The highest BCUT2D eigenvalue weighted by molar-refractivity contribution is 5.67. The summed E-state index contributed by atoms with van der Waals surface area (Å²) in [6.45, 7) is 0.527. The molecular weight excluding hydrogens is 408 g/mol. The second-order valence-electron chi connectivity index (χ2n) is 7.72. The number of nitrogens with zero attached hydrogens (tertiary/aromatic N) is 9. The van der Waals surface area contributed by atoms with Crippen LogP contribution in [0.15, 0.2) is 48.9 Å². The monoisotopic (exact) mass is 428 g/mol. The Morgan fingerprint density at radius 2 is 1.91 bits per heavy atom. The standard InChI is InChI=1S/C21H20N10O/c1-29-15(3-7-23-29)9-14-12-32-19-11-13(10-18-27-28-20(14)31(18)19)16-4-6-22-21(25-16)26-17-5-8-24-30(17)2/h3-8,10-11,14H,9,12H2,1-2H3,(H,22,25,26). The molecule has 32 heavy (non-hydrogen) atoms. The number of aryl methyl sites for hydroxylation is 2. The molecule has 1 atom stereocenters. The lowest BCUT2D eigenvalue weighted by Gasteiger charge is -2.23. The molecule has 5 aromatic rings. The summed E-state index contributed by atoms with van der Waals surface area (Å²) in [5, 5.41) is 20.5. The van der Waals surface area contributed by atoms with Crippen LogP contribution < -0.4 is 10.1 Å². The van der Waals surface area contributed by atoms with E-state index < -0.39 is 0 Å². The first-order chi connectivity index (χ1) is 15.7. The van der Waals surface area contributed by atoms with Crippen molar-refractivity contribution in [1.29, 1.82) is 0 Å². The Hall–Kier alpha value is -4.28. The van der Waals surface area contributed by atoms with Crippen LogP contribution in [-0.2, 0) is 20.5 Å². The fourth-order valence-corrected chi connectivity index (χ4v) is 3.98. The topological polar surface area (TPSA) is 113 Å². The van der Waals surface area contributed by atoms with Crippen molar-refractivity contribution in [2.75, 3.05) is 11.9 Å². The van der Waals surface area contributed by atoms with Crippen molar-refractivity contribution < 1.29 is 4.74 Å². The van der Waals surface area contributed by atoms with Crippen LogP contribution >= 0.6 is 0 Å². The van der Waals surface area contributed by atoms with Crippen LogP contribution in [0, 0.1) is 0 Å². The van der Waals surface area contributed by atoms with Gasteiger partial charge in [-0.05, 0) is 18.2 Å². The van der Waals surface area contributed by atoms with Crippen molar-refractivity contribution in [3.8, 4) is 17.1 Å². The van der Waals surface area contributed by atoms with E-state index in [1.54, 1.807) is 23.3 Å². The molecule has 6 heterocycles. The third kappa shape index (κ3) is 3.06. The van der Waals surface area contributed by atoms with E-state index in [-0.39, 0.29) is 5.92 Å². The van der Waals surface area contributed by atoms with Gasteiger partial charge in [0, 0.05) is 56.3 Å². The van der Waals surface area contributed by atoms with Gasteiger partial charge in [-0.15, -0.1) is 10.2 Å². The largest absolute Gasteiger partial charge is 0.478 e. The molecule has 1 aliphatic rings. The molecule has 11 heteroatoms. The van der Waals surface area contributed by atoms with Crippen molar-refractivity contribution in [2.45, 2.75) is 12.3 Å². The van der Waals surface area contributed by atoms with Gasteiger partial charge in [0.05, 0.1) is 17.8 Å². The predicted molar refractivity (Wildman–Crippen MR) is 116 cm³/mol. The third-order valence-electron chi connectivity index (χ3n) is 5.68. The van der Waals surface area contributed by atoms with E-state index in [1.807, 2.05) is 53.5 Å². The molecule has 0 bridgehead atoms. The zero-order chi connectivity index (χ0) is 21.7. The van der Waals surface area contributed by atoms with E-state index >= 15 is 0 Å². The SMILES string of the molecule is Cn1nccc1CC1COc2cc(-c3ccnc(Nc4ccnn4C)n3)cc3nnc1n23. The summed E-state index contributed by atoms with van der Waals surface area (Å²) in [5.41, 5.74) is 3.49. The number of pyridine rings is 1. The Kier molecular flexibility index (Phi) is 4.13. The average Bonchev–Trinajstić information content (AvgIpc) is 3.52. The molecule has 0 fully saturated rings. The van der Waals surface area contributed by atoms with Gasteiger partial charge in [0.15, 0.2) is 5.65 Å². The number of ether oxygens (including phenoxy) is 1. The number of hydrogen-bond acceptors (Lipinski definition) is 8. The molecule has 0 aromatic carbocycles. The molecule has 1 N–H and O–H groups in total. The van der Waals surface area contributed by atoms with Gasteiger partial charge < -0.3 is 10.1 Å². The van der Waals surface area contributed by atoms with Gasteiger partial charge in [-0.1, -0.05) is 0 Å². The summed E-state index contributed by atoms with van der Waals surface area (Å²) >= 11 is 0. The maximum absolute atomic E-state index is 6.13. The summed E-state index contributed by atoms with van der Waals surface area (Å²) in [4.78, 5) is 8.97. The number of aromatic nitrogens is 9. The number of rotatable bonds is 5. The fourth-order valence-electron chi connectivity index (χ4n) is 3.98. The molecule has 0 radical (unpaired) electrons. The lowest BCUT2D eigenvalue weighted by atomic mass is 10.0. The lowest BCUT2D eigenvalue weighted by Crippen LogP contribution is -2.23. The quantitative estimate of drug-likeness (QED) is 0.453. The summed E-state index contributed by atoms with van der Waals surface area (Å²) in [6, 6.07) is 9.67. The van der Waals surface area contributed by atoms with E-state index in [0.29, 0.717) is 18.4 Å². The van der Waals surface area contributed by atoms with Crippen LogP contribution in [0.4, 0.5) is 11.8 Å². The highest BCUT2D eigenvalue weighted by Crippen LogP contribution is 2.33. The van der Waals surface area contributed by atoms with Crippen LogP contribution in [0.3, 0.4) is 0 Å². The fraction of sp³-hybridized carbons (Fsp3) is 0.238. The van der Waals surface area contributed by atoms with Gasteiger partial charge in [0.2, 0.25) is 11.8 Å². The van der Waals surface area contributed by atoms with E-state index in [2.05, 4.69) is 35.7 Å². The minimum Gasteiger partial charge on any atom is -0.478 e. The average molecular weight is 428 g/mol. The summed E-state index contributed by atoms with van der Waals surface area (Å²) in [7, 11) is 3.80. The van der Waals surface area contributed by atoms with Crippen molar-refractivity contribution >= 4 is 17.4 Å². The van der Waals surface area contributed by atoms with E-state index in [4.69, 9.17) is 4.74 Å². The van der Waals surface area contributed by atoms with E-state index in [1.165, 1.54) is 0 Å². The first-order valence-electron chi connectivity index (χ1n) is 10.2. The molecular formula is C21H20N10O. The normalized spacial score (nSPS) is 15.1. The van der Waals surface area contributed by atoms with Crippen LogP contribution in [-0.4, -0.2) is 50.7 Å². The lowest BCUT2D eigenvalue weighted by molar-refractivity contribution is 0.244. The first-order valence-corrected chi connectivity index (χ1v) is 10.2. The van der Waals surface area contributed by atoms with Gasteiger partial charge in [-0.25, -0.2) is 14.4 Å². The number of hydrogen-bond donors (Lipinski definition) is 1. The molecule has 160 valence electrons. The highest BCUT2D eigenvalue weighted by Gasteiger charge is 2.27. The van der Waals surface area contributed by atoms with Gasteiger partial charge >= 0.3 is 0 Å². The minimum atomic E-state index is 0.104. The maximum atomic E-state index is 6.13.